The molecule has 0 saturated carbocycles. The summed E-state index contributed by atoms with van der Waals surface area (Å²) in [5.74, 6) is 0. The highest BCUT2D eigenvalue weighted by Gasteiger charge is 2.32. The quantitative estimate of drug-likeness (QED) is 0.640. The van der Waals surface area contributed by atoms with Gasteiger partial charge in [0.05, 0.1) is 18.6 Å². The second-order valence-corrected chi connectivity index (χ2v) is 5.79. The van der Waals surface area contributed by atoms with E-state index < -0.39 is 0 Å². The second kappa shape index (κ2) is 5.31. The number of likely N-dealkylation sites (tertiary alicyclic amines) is 1. The fraction of sp³-hybridized carbons (Fsp3) is 1.00. The molecule has 2 aliphatic rings. The summed E-state index contributed by atoms with van der Waals surface area (Å²) >= 11 is 0. The van der Waals surface area contributed by atoms with Crippen LogP contribution in [0.2, 0.25) is 0 Å². The van der Waals surface area contributed by atoms with Crippen molar-refractivity contribution in [3.05, 3.63) is 0 Å². The minimum atomic E-state index is 0.907. The van der Waals surface area contributed by atoms with Crippen LogP contribution in [-0.2, 0) is 0 Å². The van der Waals surface area contributed by atoms with Gasteiger partial charge in [0.1, 0.15) is 12.6 Å². The molecule has 0 amide bonds. The van der Waals surface area contributed by atoms with Gasteiger partial charge in [-0.3, -0.25) is 0 Å². The first kappa shape index (κ1) is 11.4. The minimum absolute atomic E-state index is 0.907. The summed E-state index contributed by atoms with van der Waals surface area (Å²) < 4.78 is 0. The number of piperidine rings is 2. The molecule has 0 aromatic heterocycles. The van der Waals surface area contributed by atoms with E-state index in [-0.39, 0.29) is 0 Å². The first-order valence-corrected chi connectivity index (χ1v) is 6.96. The molecule has 2 rings (SSSR count). The molecule has 2 nitrogen and oxygen atoms in total. The van der Waals surface area contributed by atoms with Crippen molar-refractivity contribution in [3.8, 4) is 0 Å². The van der Waals surface area contributed by atoms with E-state index >= 15 is 0 Å². The average molecular weight is 212 g/mol. The third-order valence-electron chi connectivity index (χ3n) is 4.57. The Bertz CT molecular complexity index is 177. The molecular weight excluding hydrogens is 184 g/mol. The van der Waals surface area contributed by atoms with Gasteiger partial charge in [-0.15, -0.1) is 0 Å². The van der Waals surface area contributed by atoms with Crippen molar-refractivity contribution in [1.29, 1.82) is 0 Å². The summed E-state index contributed by atoms with van der Waals surface area (Å²) in [7, 11) is 0. The molecule has 0 bridgehead atoms. The predicted molar refractivity (Wildman–Crippen MR) is 63.0 cm³/mol. The summed E-state index contributed by atoms with van der Waals surface area (Å²) in [6.07, 6.45) is 8.73. The first-order chi connectivity index (χ1) is 7.27. The number of nitrogens with two attached hydrogens (primary N) is 1. The largest absolute Gasteiger partial charge is 0.339 e. The summed E-state index contributed by atoms with van der Waals surface area (Å²) in [6.45, 7) is 7.70. The molecule has 2 fully saturated rings. The maximum Gasteiger partial charge on any atom is 0.135 e. The summed E-state index contributed by atoms with van der Waals surface area (Å²) in [6, 6.07) is 2.74. The van der Waals surface area contributed by atoms with E-state index in [2.05, 4.69) is 19.2 Å². The molecule has 0 aliphatic carbocycles. The van der Waals surface area contributed by atoms with Gasteiger partial charge in [-0.25, -0.2) is 0 Å². The molecule has 4 atom stereocenters. The van der Waals surface area contributed by atoms with Crippen LogP contribution in [0.15, 0.2) is 0 Å². The lowest BCUT2D eigenvalue weighted by Gasteiger charge is -2.37. The SMILES string of the molecule is C[C@@H]1CCC[C@H](C)[NH+]1C[C@@H]1CCCC[NH2+]1. The zero-order chi connectivity index (χ0) is 10.7. The summed E-state index contributed by atoms with van der Waals surface area (Å²) in [5.41, 5.74) is 0. The standard InChI is InChI=1S/C13H26N2/c1-11-6-5-7-12(2)15(11)10-13-8-3-4-9-14-13/h11-14H,3-10H2,1-2H3/p+2/t11-,12+,13-/m0/s1. The molecule has 3 N–H and O–H groups in total. The number of quaternary nitrogens is 2. The molecule has 2 aliphatic heterocycles. The van der Waals surface area contributed by atoms with Crippen LogP contribution in [0.25, 0.3) is 0 Å². The second-order valence-electron chi connectivity index (χ2n) is 5.79. The van der Waals surface area contributed by atoms with Crippen LogP contribution in [0.4, 0.5) is 0 Å². The Morgan fingerprint density at radius 2 is 1.73 bits per heavy atom. The lowest BCUT2D eigenvalue weighted by molar-refractivity contribution is -0.966. The van der Waals surface area contributed by atoms with Crippen LogP contribution >= 0.6 is 0 Å². The zero-order valence-corrected chi connectivity index (χ0v) is 10.5. The lowest BCUT2D eigenvalue weighted by atomic mass is 9.95. The van der Waals surface area contributed by atoms with Gasteiger partial charge in [0.15, 0.2) is 0 Å². The molecule has 1 unspecified atom stereocenters. The fourth-order valence-electron chi connectivity index (χ4n) is 3.50. The number of hydrogen-bond donors (Lipinski definition) is 2. The normalized spacial score (nSPS) is 42.8. The van der Waals surface area contributed by atoms with Crippen molar-refractivity contribution in [2.75, 3.05) is 13.1 Å². The number of rotatable bonds is 2. The van der Waals surface area contributed by atoms with Crippen LogP contribution in [0.1, 0.15) is 52.4 Å². The van der Waals surface area contributed by atoms with Crippen molar-refractivity contribution >= 4 is 0 Å². The maximum absolute atomic E-state index is 2.60. The van der Waals surface area contributed by atoms with E-state index in [1.807, 2.05) is 4.90 Å². The van der Waals surface area contributed by atoms with Crippen LogP contribution in [0.3, 0.4) is 0 Å². The van der Waals surface area contributed by atoms with Gasteiger partial charge < -0.3 is 10.2 Å². The van der Waals surface area contributed by atoms with Gasteiger partial charge in [-0.2, -0.15) is 0 Å². The average Bonchev–Trinajstić information content (AvgIpc) is 2.25. The van der Waals surface area contributed by atoms with E-state index in [0.717, 1.165) is 18.1 Å². The Balaban J connectivity index is 1.84. The van der Waals surface area contributed by atoms with Crippen molar-refractivity contribution in [2.24, 2.45) is 0 Å². The molecule has 2 heteroatoms. The molecule has 15 heavy (non-hydrogen) atoms. The van der Waals surface area contributed by atoms with Crippen molar-refractivity contribution in [1.82, 2.24) is 0 Å². The predicted octanol–water partition coefficient (Wildman–Crippen LogP) is -0.0519. The topological polar surface area (TPSA) is 21.1 Å². The highest BCUT2D eigenvalue weighted by Crippen LogP contribution is 2.08. The highest BCUT2D eigenvalue weighted by atomic mass is 15.2. The molecule has 88 valence electrons. The minimum Gasteiger partial charge on any atom is -0.339 e. The van der Waals surface area contributed by atoms with Crippen LogP contribution in [0.5, 0.6) is 0 Å². The first-order valence-electron chi connectivity index (χ1n) is 6.96. The molecule has 0 aromatic rings. The zero-order valence-electron chi connectivity index (χ0n) is 10.5. The lowest BCUT2D eigenvalue weighted by Crippen LogP contribution is -3.22. The Labute approximate surface area is 94.4 Å². The third kappa shape index (κ3) is 2.94. The highest BCUT2D eigenvalue weighted by molar-refractivity contribution is 4.65. The van der Waals surface area contributed by atoms with E-state index in [9.17, 15) is 0 Å². The summed E-state index contributed by atoms with van der Waals surface area (Å²) in [5, 5.41) is 2.60. The van der Waals surface area contributed by atoms with Crippen LogP contribution in [0, 0.1) is 0 Å². The fourth-order valence-corrected chi connectivity index (χ4v) is 3.50. The van der Waals surface area contributed by atoms with Gasteiger partial charge in [0.25, 0.3) is 0 Å². The monoisotopic (exact) mass is 212 g/mol. The Morgan fingerprint density at radius 1 is 1.00 bits per heavy atom. The van der Waals surface area contributed by atoms with E-state index in [1.165, 1.54) is 51.6 Å². The van der Waals surface area contributed by atoms with E-state index in [0.29, 0.717) is 0 Å². The molecule has 2 saturated heterocycles. The maximum atomic E-state index is 2.60. The van der Waals surface area contributed by atoms with Gasteiger partial charge >= 0.3 is 0 Å². The molecule has 0 aromatic carbocycles. The summed E-state index contributed by atoms with van der Waals surface area (Å²) in [4.78, 5) is 1.89. The van der Waals surface area contributed by atoms with Crippen molar-refractivity contribution in [3.63, 3.8) is 0 Å². The van der Waals surface area contributed by atoms with E-state index in [4.69, 9.17) is 0 Å². The molecule has 2 heterocycles. The Kier molecular flexibility index (Phi) is 4.04. The van der Waals surface area contributed by atoms with Gasteiger partial charge in [-0.1, -0.05) is 0 Å². The van der Waals surface area contributed by atoms with Gasteiger partial charge in [0, 0.05) is 6.42 Å². The van der Waals surface area contributed by atoms with Crippen LogP contribution < -0.4 is 10.2 Å². The number of nitrogens with one attached hydrogen (secondary N) is 1. The Morgan fingerprint density at radius 3 is 2.33 bits per heavy atom. The Hall–Kier alpha value is -0.0800. The molecular formula is C13H28N2+2. The van der Waals surface area contributed by atoms with Gasteiger partial charge in [0.2, 0.25) is 0 Å². The van der Waals surface area contributed by atoms with Crippen LogP contribution in [-0.4, -0.2) is 31.2 Å². The van der Waals surface area contributed by atoms with Crippen molar-refractivity contribution < 1.29 is 10.2 Å². The smallest absolute Gasteiger partial charge is 0.135 e. The molecule has 0 radical (unpaired) electrons. The third-order valence-corrected chi connectivity index (χ3v) is 4.57. The number of hydrogen-bond acceptors (Lipinski definition) is 0. The molecule has 0 spiro atoms. The van der Waals surface area contributed by atoms with Crippen molar-refractivity contribution in [2.45, 2.75) is 70.5 Å². The van der Waals surface area contributed by atoms with Gasteiger partial charge in [-0.05, 0) is 46.0 Å². The van der Waals surface area contributed by atoms with E-state index in [1.54, 1.807) is 0 Å².